The molecule has 0 aromatic heterocycles. The average Bonchev–Trinajstić information content (AvgIpc) is 3.03. The largest absolute Gasteiger partial charge is 1.00 e. The number of hydrogen-bond donors (Lipinski definition) is 1. The minimum Gasteiger partial charge on any atom is -1.00 e. The lowest BCUT2D eigenvalue weighted by molar-refractivity contribution is -0.915. The van der Waals surface area contributed by atoms with Crippen LogP contribution in [0.15, 0.2) is 42.5 Å². The standard InChI is InChI=1S/C24H29ClN2O3.HI/c1-3-4-7-12-26-24(28)29-16-27(2)14-20-18-8-5-6-9-22(18)30-23-11-10-17(25)13-19(23)21(20)15-27;/h5-6,8-11,13,20-21H,3-4,7,12,14-16H2,1-2H3;1H. The van der Waals surface area contributed by atoms with Gasteiger partial charge in [-0.3, -0.25) is 4.48 Å². The predicted molar refractivity (Wildman–Crippen MR) is 118 cm³/mol. The normalized spacial score (nSPS) is 23.3. The first-order valence-electron chi connectivity index (χ1n) is 10.8. The van der Waals surface area contributed by atoms with E-state index >= 15 is 0 Å². The van der Waals surface area contributed by atoms with Crippen LogP contribution in [0.3, 0.4) is 0 Å². The summed E-state index contributed by atoms with van der Waals surface area (Å²) in [5.74, 6) is 2.30. The summed E-state index contributed by atoms with van der Waals surface area (Å²) in [6, 6.07) is 14.1. The van der Waals surface area contributed by atoms with Gasteiger partial charge in [0.05, 0.1) is 20.1 Å². The van der Waals surface area contributed by atoms with Gasteiger partial charge in [0.15, 0.2) is 0 Å². The Bertz CT molecular complexity index is 925. The number of alkyl carbamates (subject to hydrolysis) is 1. The fraction of sp³-hybridized carbons (Fsp3) is 0.458. The average molecular weight is 557 g/mol. The molecule has 0 spiro atoms. The van der Waals surface area contributed by atoms with E-state index in [1.807, 2.05) is 30.3 Å². The first kappa shape index (κ1) is 24.1. The highest BCUT2D eigenvalue weighted by Crippen LogP contribution is 2.51. The maximum Gasteiger partial charge on any atom is 0.411 e. The summed E-state index contributed by atoms with van der Waals surface area (Å²) < 4.78 is 12.5. The molecule has 3 unspecified atom stereocenters. The van der Waals surface area contributed by atoms with Gasteiger partial charge in [-0.1, -0.05) is 49.6 Å². The topological polar surface area (TPSA) is 47.6 Å². The first-order chi connectivity index (χ1) is 14.5. The number of nitrogens with one attached hydrogen (secondary N) is 1. The van der Waals surface area contributed by atoms with Gasteiger partial charge in [-0.15, -0.1) is 0 Å². The molecule has 2 heterocycles. The number of likely N-dealkylation sites (N-methyl/N-ethyl adjacent to an activating group) is 1. The second-order valence-electron chi connectivity index (χ2n) is 8.71. The molecular formula is C24H30ClIN2O3. The van der Waals surface area contributed by atoms with Crippen molar-refractivity contribution in [3.63, 3.8) is 0 Å². The van der Waals surface area contributed by atoms with Gasteiger partial charge in [0.1, 0.15) is 11.5 Å². The maximum absolute atomic E-state index is 12.1. The molecule has 0 radical (unpaired) electrons. The highest BCUT2D eigenvalue weighted by Gasteiger charge is 2.48. The number of ether oxygens (including phenoxy) is 2. The van der Waals surface area contributed by atoms with Crippen molar-refractivity contribution >= 4 is 17.7 Å². The minimum absolute atomic E-state index is 0. The summed E-state index contributed by atoms with van der Waals surface area (Å²) in [5.41, 5.74) is 2.34. The third kappa shape index (κ3) is 5.46. The van der Waals surface area contributed by atoms with E-state index in [0.29, 0.717) is 22.8 Å². The lowest BCUT2D eigenvalue weighted by Gasteiger charge is -2.29. The smallest absolute Gasteiger partial charge is 0.411 e. The Labute approximate surface area is 206 Å². The lowest BCUT2D eigenvalue weighted by Crippen LogP contribution is -3.00. The molecule has 1 amide bonds. The van der Waals surface area contributed by atoms with Gasteiger partial charge in [-0.2, -0.15) is 0 Å². The van der Waals surface area contributed by atoms with Crippen molar-refractivity contribution in [3.05, 3.63) is 58.6 Å². The van der Waals surface area contributed by atoms with E-state index in [2.05, 4.69) is 31.4 Å². The van der Waals surface area contributed by atoms with E-state index in [1.165, 1.54) is 5.56 Å². The third-order valence-corrected chi connectivity index (χ3v) is 6.46. The van der Waals surface area contributed by atoms with Crippen LogP contribution < -0.4 is 34.0 Å². The van der Waals surface area contributed by atoms with Crippen LogP contribution in [0.2, 0.25) is 5.02 Å². The van der Waals surface area contributed by atoms with E-state index in [1.54, 1.807) is 0 Å². The molecular weight excluding hydrogens is 527 g/mol. The first-order valence-corrected chi connectivity index (χ1v) is 11.2. The SMILES string of the molecule is CCCCCNC(=O)OC[N+]1(C)CC2c3ccccc3Oc3ccc(Cl)cc3C2C1.[I-]. The fourth-order valence-electron chi connectivity index (χ4n) is 4.75. The van der Waals surface area contributed by atoms with Crippen LogP contribution in [0.25, 0.3) is 0 Å². The van der Waals surface area contributed by atoms with Crippen LogP contribution in [0, 0.1) is 0 Å². The van der Waals surface area contributed by atoms with Gasteiger partial charge >= 0.3 is 6.09 Å². The number of nitrogens with zero attached hydrogens (tertiary/aromatic N) is 1. The van der Waals surface area contributed by atoms with Crippen molar-refractivity contribution in [2.75, 3.05) is 33.4 Å². The second kappa shape index (κ2) is 10.4. The number of rotatable bonds is 6. The molecule has 3 atom stereocenters. The summed E-state index contributed by atoms with van der Waals surface area (Å²) in [5, 5.41) is 3.58. The van der Waals surface area contributed by atoms with Crippen molar-refractivity contribution in [2.45, 2.75) is 38.0 Å². The van der Waals surface area contributed by atoms with Crippen LogP contribution in [-0.2, 0) is 4.74 Å². The number of amides is 1. The van der Waals surface area contributed by atoms with Gasteiger partial charge < -0.3 is 38.8 Å². The molecule has 2 aromatic rings. The number of carbonyl (C=O) groups is 1. The number of halogens is 2. The van der Waals surface area contributed by atoms with E-state index in [-0.39, 0.29) is 41.9 Å². The predicted octanol–water partition coefficient (Wildman–Crippen LogP) is 2.65. The molecule has 31 heavy (non-hydrogen) atoms. The molecule has 1 saturated heterocycles. The minimum atomic E-state index is -0.329. The molecule has 5 nitrogen and oxygen atoms in total. The van der Waals surface area contributed by atoms with Gasteiger partial charge in [0.25, 0.3) is 0 Å². The Morgan fingerprint density at radius 1 is 1.13 bits per heavy atom. The number of hydrogen-bond acceptors (Lipinski definition) is 3. The van der Waals surface area contributed by atoms with Crippen LogP contribution in [-0.4, -0.2) is 44.0 Å². The Morgan fingerprint density at radius 2 is 1.84 bits per heavy atom. The van der Waals surface area contributed by atoms with Crippen LogP contribution in [0.4, 0.5) is 4.79 Å². The van der Waals surface area contributed by atoms with Crippen LogP contribution in [0.1, 0.15) is 49.1 Å². The lowest BCUT2D eigenvalue weighted by atomic mass is 9.84. The molecule has 0 aliphatic carbocycles. The zero-order chi connectivity index (χ0) is 21.1. The number of fused-ring (bicyclic) bond motifs is 5. The monoisotopic (exact) mass is 556 g/mol. The van der Waals surface area contributed by atoms with Gasteiger partial charge in [-0.05, 0) is 30.7 Å². The number of unbranched alkanes of at least 4 members (excludes halogenated alkanes) is 2. The zero-order valence-corrected chi connectivity index (χ0v) is 21.0. The van der Waals surface area contributed by atoms with E-state index in [4.69, 9.17) is 21.1 Å². The molecule has 4 rings (SSSR count). The molecule has 0 saturated carbocycles. The Balaban J connectivity index is 0.00000272. The summed E-state index contributed by atoms with van der Waals surface area (Å²) in [7, 11) is 2.16. The Kier molecular flexibility index (Phi) is 8.10. The number of carbonyl (C=O) groups excluding carboxylic acids is 1. The number of benzene rings is 2. The molecule has 2 aromatic carbocycles. The molecule has 1 fully saturated rings. The van der Waals surface area contributed by atoms with Gasteiger partial charge in [0, 0.05) is 34.5 Å². The number of para-hydroxylation sites is 1. The summed E-state index contributed by atoms with van der Waals surface area (Å²) >= 11 is 6.34. The Morgan fingerprint density at radius 3 is 2.61 bits per heavy atom. The third-order valence-electron chi connectivity index (χ3n) is 6.23. The van der Waals surface area contributed by atoms with Gasteiger partial charge in [-0.25, -0.2) is 4.79 Å². The van der Waals surface area contributed by atoms with Crippen molar-refractivity contribution < 1.29 is 42.7 Å². The molecule has 168 valence electrons. The second-order valence-corrected chi connectivity index (χ2v) is 9.15. The molecule has 7 heteroatoms. The molecule has 2 aliphatic rings. The molecule has 0 bridgehead atoms. The highest BCUT2D eigenvalue weighted by atomic mass is 127. The van der Waals surface area contributed by atoms with Crippen molar-refractivity contribution in [2.24, 2.45) is 0 Å². The number of likely N-dealkylation sites (tertiary alicyclic amines) is 1. The van der Waals surface area contributed by atoms with E-state index < -0.39 is 0 Å². The van der Waals surface area contributed by atoms with Crippen LogP contribution in [0.5, 0.6) is 11.5 Å². The van der Waals surface area contributed by atoms with Crippen molar-refractivity contribution in [3.8, 4) is 11.5 Å². The fourth-order valence-corrected chi connectivity index (χ4v) is 4.93. The van der Waals surface area contributed by atoms with Gasteiger partial charge in [0.2, 0.25) is 6.73 Å². The summed E-state index contributed by atoms with van der Waals surface area (Å²) in [4.78, 5) is 12.1. The van der Waals surface area contributed by atoms with Crippen molar-refractivity contribution in [1.82, 2.24) is 5.32 Å². The summed E-state index contributed by atoms with van der Waals surface area (Å²) in [6.07, 6.45) is 2.90. The van der Waals surface area contributed by atoms with Crippen LogP contribution >= 0.6 is 11.6 Å². The van der Waals surface area contributed by atoms with E-state index in [0.717, 1.165) is 49.4 Å². The molecule has 1 N–H and O–H groups in total. The quantitative estimate of drug-likeness (QED) is 0.338. The number of quaternary nitrogens is 1. The zero-order valence-electron chi connectivity index (χ0n) is 18.1. The highest BCUT2D eigenvalue weighted by molar-refractivity contribution is 6.30. The molecule has 2 aliphatic heterocycles. The maximum atomic E-state index is 12.1. The van der Waals surface area contributed by atoms with Crippen molar-refractivity contribution in [1.29, 1.82) is 0 Å². The van der Waals surface area contributed by atoms with E-state index in [9.17, 15) is 4.79 Å². The Hall–Kier alpha value is -1.51. The summed E-state index contributed by atoms with van der Waals surface area (Å²) in [6.45, 7) is 4.90.